The van der Waals surface area contributed by atoms with E-state index in [-0.39, 0.29) is 11.9 Å². The number of piperidine rings is 1. The Hall–Kier alpha value is -1.39. The molecule has 0 saturated carbocycles. The van der Waals surface area contributed by atoms with Crippen molar-refractivity contribution < 1.29 is 4.79 Å². The normalized spacial score (nSPS) is 24.5. The molecule has 1 fully saturated rings. The molecule has 0 bridgehead atoms. The summed E-state index contributed by atoms with van der Waals surface area (Å²) in [6.07, 6.45) is 1.81. The van der Waals surface area contributed by atoms with Gasteiger partial charge in [-0.05, 0) is 18.4 Å². The summed E-state index contributed by atoms with van der Waals surface area (Å²) in [4.78, 5) is 11.0. The van der Waals surface area contributed by atoms with Crippen LogP contribution in [0.3, 0.4) is 0 Å². The summed E-state index contributed by atoms with van der Waals surface area (Å²) in [5, 5.41) is 6.65. The van der Waals surface area contributed by atoms with Gasteiger partial charge in [-0.1, -0.05) is 30.3 Å². The van der Waals surface area contributed by atoms with Gasteiger partial charge in [0.15, 0.2) is 0 Å². The van der Waals surface area contributed by atoms with Crippen LogP contribution in [0, 0.1) is 0 Å². The summed E-state index contributed by atoms with van der Waals surface area (Å²) in [5.41, 5.74) is 6.54. The van der Waals surface area contributed by atoms with E-state index in [2.05, 4.69) is 22.8 Å². The van der Waals surface area contributed by atoms with Gasteiger partial charge in [0.25, 0.3) is 0 Å². The molecule has 0 aromatic heterocycles. The number of hydrogen-bond donors (Lipinski definition) is 3. The minimum Gasteiger partial charge on any atom is -0.368 e. The van der Waals surface area contributed by atoms with Crippen molar-refractivity contribution in [3.63, 3.8) is 0 Å². The fourth-order valence-corrected chi connectivity index (χ4v) is 2.13. The molecular formula is C13H19N3O. The van der Waals surface area contributed by atoms with Gasteiger partial charge in [-0.15, -0.1) is 0 Å². The first-order valence-corrected chi connectivity index (χ1v) is 6.05. The van der Waals surface area contributed by atoms with E-state index in [9.17, 15) is 4.79 Å². The highest BCUT2D eigenvalue weighted by Gasteiger charge is 2.23. The van der Waals surface area contributed by atoms with Crippen molar-refractivity contribution in [1.29, 1.82) is 0 Å². The quantitative estimate of drug-likeness (QED) is 0.704. The third kappa shape index (κ3) is 3.54. The van der Waals surface area contributed by atoms with Crippen molar-refractivity contribution in [2.75, 3.05) is 6.54 Å². The second kappa shape index (κ2) is 5.80. The Balaban J connectivity index is 1.74. The summed E-state index contributed by atoms with van der Waals surface area (Å²) in [5.74, 6) is -0.244. The molecule has 1 saturated heterocycles. The van der Waals surface area contributed by atoms with Crippen LogP contribution in [0.1, 0.15) is 18.4 Å². The Labute approximate surface area is 102 Å². The van der Waals surface area contributed by atoms with E-state index in [0.29, 0.717) is 6.04 Å². The molecule has 0 aliphatic carbocycles. The first-order chi connectivity index (χ1) is 8.25. The van der Waals surface area contributed by atoms with Crippen molar-refractivity contribution >= 4 is 5.91 Å². The molecule has 92 valence electrons. The maximum absolute atomic E-state index is 11.0. The molecule has 4 N–H and O–H groups in total. The fraction of sp³-hybridized carbons (Fsp3) is 0.462. The fourth-order valence-electron chi connectivity index (χ4n) is 2.13. The number of primary amides is 1. The zero-order valence-corrected chi connectivity index (χ0v) is 9.86. The van der Waals surface area contributed by atoms with Crippen LogP contribution in [0.15, 0.2) is 30.3 Å². The summed E-state index contributed by atoms with van der Waals surface area (Å²) in [7, 11) is 0. The maximum atomic E-state index is 11.0. The average Bonchev–Trinajstić information content (AvgIpc) is 2.38. The monoisotopic (exact) mass is 233 g/mol. The number of nitrogens with one attached hydrogen (secondary N) is 2. The van der Waals surface area contributed by atoms with Gasteiger partial charge in [0.05, 0.1) is 6.04 Å². The van der Waals surface area contributed by atoms with Gasteiger partial charge >= 0.3 is 0 Å². The molecule has 4 heteroatoms. The number of amides is 1. The van der Waals surface area contributed by atoms with E-state index < -0.39 is 0 Å². The lowest BCUT2D eigenvalue weighted by Gasteiger charge is -2.28. The lowest BCUT2D eigenvalue weighted by atomic mass is 10.00. The molecular weight excluding hydrogens is 214 g/mol. The Kier molecular flexibility index (Phi) is 4.12. The van der Waals surface area contributed by atoms with E-state index in [1.807, 2.05) is 18.2 Å². The number of nitrogens with two attached hydrogens (primary N) is 1. The molecule has 1 aromatic carbocycles. The number of benzene rings is 1. The maximum Gasteiger partial charge on any atom is 0.234 e. The van der Waals surface area contributed by atoms with E-state index in [1.165, 1.54) is 5.56 Å². The van der Waals surface area contributed by atoms with Gasteiger partial charge in [0.1, 0.15) is 0 Å². The lowest BCUT2D eigenvalue weighted by molar-refractivity contribution is -0.120. The van der Waals surface area contributed by atoms with Gasteiger partial charge < -0.3 is 16.4 Å². The summed E-state index contributed by atoms with van der Waals surface area (Å²) >= 11 is 0. The van der Waals surface area contributed by atoms with Crippen LogP contribution >= 0.6 is 0 Å². The van der Waals surface area contributed by atoms with Gasteiger partial charge in [-0.3, -0.25) is 4.79 Å². The third-order valence-corrected chi connectivity index (χ3v) is 3.20. The molecule has 4 nitrogen and oxygen atoms in total. The molecule has 1 aromatic rings. The summed E-state index contributed by atoms with van der Waals surface area (Å²) in [6, 6.07) is 10.6. The molecule has 0 unspecified atom stereocenters. The van der Waals surface area contributed by atoms with Gasteiger partial charge in [0.2, 0.25) is 5.91 Å². The minimum absolute atomic E-state index is 0.148. The van der Waals surface area contributed by atoms with Gasteiger partial charge in [-0.2, -0.15) is 0 Å². The highest BCUT2D eigenvalue weighted by Crippen LogP contribution is 2.08. The standard InChI is InChI=1S/C13H19N3O/c14-13(17)12-7-6-11(9-16-12)15-8-10-4-2-1-3-5-10/h1-5,11-12,15-16H,6-9H2,(H2,14,17)/t11-,12+/m1/s1. The Bertz CT molecular complexity index is 358. The van der Waals surface area contributed by atoms with Crippen LogP contribution in [-0.4, -0.2) is 24.5 Å². The van der Waals surface area contributed by atoms with Crippen LogP contribution in [-0.2, 0) is 11.3 Å². The van der Waals surface area contributed by atoms with Crippen molar-refractivity contribution in [2.24, 2.45) is 5.73 Å². The molecule has 17 heavy (non-hydrogen) atoms. The number of carbonyl (C=O) groups excluding carboxylic acids is 1. The highest BCUT2D eigenvalue weighted by atomic mass is 16.1. The van der Waals surface area contributed by atoms with Crippen molar-refractivity contribution in [2.45, 2.75) is 31.5 Å². The van der Waals surface area contributed by atoms with E-state index >= 15 is 0 Å². The lowest BCUT2D eigenvalue weighted by Crippen LogP contribution is -2.52. The van der Waals surface area contributed by atoms with E-state index in [1.54, 1.807) is 0 Å². The summed E-state index contributed by atoms with van der Waals surface area (Å²) in [6.45, 7) is 1.68. The molecule has 0 radical (unpaired) electrons. The average molecular weight is 233 g/mol. The largest absolute Gasteiger partial charge is 0.368 e. The van der Waals surface area contributed by atoms with Crippen LogP contribution in [0.4, 0.5) is 0 Å². The molecule has 1 amide bonds. The predicted molar refractivity (Wildman–Crippen MR) is 67.3 cm³/mol. The van der Waals surface area contributed by atoms with Crippen molar-refractivity contribution in [3.8, 4) is 0 Å². The molecule has 2 rings (SSSR count). The minimum atomic E-state index is -0.244. The van der Waals surface area contributed by atoms with Crippen LogP contribution < -0.4 is 16.4 Å². The highest BCUT2D eigenvalue weighted by molar-refractivity contribution is 5.79. The second-order valence-electron chi connectivity index (χ2n) is 4.50. The van der Waals surface area contributed by atoms with Crippen LogP contribution in [0.2, 0.25) is 0 Å². The first-order valence-electron chi connectivity index (χ1n) is 6.05. The Morgan fingerprint density at radius 2 is 2.12 bits per heavy atom. The van der Waals surface area contributed by atoms with Crippen molar-refractivity contribution in [1.82, 2.24) is 10.6 Å². The molecule has 1 aliphatic heterocycles. The van der Waals surface area contributed by atoms with Crippen molar-refractivity contribution in [3.05, 3.63) is 35.9 Å². The number of carbonyl (C=O) groups is 1. The van der Waals surface area contributed by atoms with Crippen LogP contribution in [0.5, 0.6) is 0 Å². The SMILES string of the molecule is NC(=O)[C@@H]1CC[C@@H](NCc2ccccc2)CN1. The smallest absolute Gasteiger partial charge is 0.234 e. The molecule has 1 heterocycles. The first kappa shape index (κ1) is 12.1. The van der Waals surface area contributed by atoms with E-state index in [0.717, 1.165) is 25.9 Å². The third-order valence-electron chi connectivity index (χ3n) is 3.20. The van der Waals surface area contributed by atoms with Crippen LogP contribution in [0.25, 0.3) is 0 Å². The Morgan fingerprint density at radius 1 is 1.35 bits per heavy atom. The molecule has 0 spiro atoms. The zero-order chi connectivity index (χ0) is 12.1. The molecule has 1 aliphatic rings. The topological polar surface area (TPSA) is 67.2 Å². The Morgan fingerprint density at radius 3 is 2.71 bits per heavy atom. The number of rotatable bonds is 4. The zero-order valence-electron chi connectivity index (χ0n) is 9.86. The second-order valence-corrected chi connectivity index (χ2v) is 4.50. The summed E-state index contributed by atoms with van der Waals surface area (Å²) < 4.78 is 0. The predicted octanol–water partition coefficient (Wildman–Crippen LogP) is 0.382. The van der Waals surface area contributed by atoms with Gasteiger partial charge in [0, 0.05) is 19.1 Å². The van der Waals surface area contributed by atoms with E-state index in [4.69, 9.17) is 5.73 Å². The van der Waals surface area contributed by atoms with Gasteiger partial charge in [-0.25, -0.2) is 0 Å². The number of hydrogen-bond acceptors (Lipinski definition) is 3. The molecule has 2 atom stereocenters.